The number of hydrogen-bond donors (Lipinski definition) is 0. The zero-order valence-electron chi connectivity index (χ0n) is 12.7. The second-order valence-corrected chi connectivity index (χ2v) is 5.11. The van der Waals surface area contributed by atoms with E-state index in [1.165, 1.54) is 19.3 Å². The Balaban J connectivity index is 2.62. The molecule has 0 amide bonds. The van der Waals surface area contributed by atoms with Gasteiger partial charge in [-0.05, 0) is 39.0 Å². The van der Waals surface area contributed by atoms with Crippen LogP contribution in [0.1, 0.15) is 58.8 Å². The molecule has 20 heavy (non-hydrogen) atoms. The molecule has 114 valence electrons. The summed E-state index contributed by atoms with van der Waals surface area (Å²) in [5.41, 5.74) is 1.05. The van der Waals surface area contributed by atoms with Gasteiger partial charge < -0.3 is 9.47 Å². The van der Waals surface area contributed by atoms with Crippen molar-refractivity contribution in [3.05, 3.63) is 11.6 Å². The van der Waals surface area contributed by atoms with E-state index in [0.717, 1.165) is 18.4 Å². The molecule has 1 aliphatic carbocycles. The van der Waals surface area contributed by atoms with Gasteiger partial charge in [0.05, 0.1) is 13.2 Å². The Labute approximate surface area is 121 Å². The van der Waals surface area contributed by atoms with Crippen LogP contribution in [0, 0.1) is 5.92 Å². The highest BCUT2D eigenvalue weighted by atomic mass is 16.5. The number of ether oxygens (including phenoxy) is 2. The predicted octanol–water partition coefficient (Wildman–Crippen LogP) is 3.40. The molecule has 0 aromatic rings. The third-order valence-corrected chi connectivity index (χ3v) is 3.64. The molecular formula is C16H26O4. The van der Waals surface area contributed by atoms with E-state index in [2.05, 4.69) is 0 Å². The molecule has 0 unspecified atom stereocenters. The maximum Gasteiger partial charge on any atom is 0.330 e. The van der Waals surface area contributed by atoms with Crippen molar-refractivity contribution in [2.45, 2.75) is 58.8 Å². The Morgan fingerprint density at radius 3 is 2.25 bits per heavy atom. The quantitative estimate of drug-likeness (QED) is 0.530. The normalized spacial score (nSPS) is 16.8. The lowest BCUT2D eigenvalue weighted by Crippen LogP contribution is -2.14. The van der Waals surface area contributed by atoms with Crippen molar-refractivity contribution >= 4 is 11.9 Å². The topological polar surface area (TPSA) is 52.6 Å². The van der Waals surface area contributed by atoms with Gasteiger partial charge in [0.15, 0.2) is 0 Å². The van der Waals surface area contributed by atoms with Crippen molar-refractivity contribution in [1.29, 1.82) is 0 Å². The van der Waals surface area contributed by atoms with Crippen LogP contribution in [-0.2, 0) is 19.1 Å². The summed E-state index contributed by atoms with van der Waals surface area (Å²) in [5, 5.41) is 0. The summed E-state index contributed by atoms with van der Waals surface area (Å²) in [5.74, 6) is -0.0717. The molecule has 0 aromatic carbocycles. The van der Waals surface area contributed by atoms with E-state index in [1.54, 1.807) is 19.9 Å². The van der Waals surface area contributed by atoms with E-state index < -0.39 is 0 Å². The van der Waals surface area contributed by atoms with E-state index in [9.17, 15) is 9.59 Å². The molecule has 0 N–H and O–H groups in total. The standard InChI is InChI=1S/C16H26O4/c1-3-19-15(17)11-10-14(12-16(18)20-4-2)13-8-6-5-7-9-13/h12-13H,3-11H2,1-2H3/b14-12-. The van der Waals surface area contributed by atoms with E-state index in [0.29, 0.717) is 32.0 Å². The molecule has 4 heteroatoms. The van der Waals surface area contributed by atoms with Gasteiger partial charge in [-0.25, -0.2) is 4.79 Å². The molecule has 1 rings (SSSR count). The Hall–Kier alpha value is -1.32. The first-order valence-electron chi connectivity index (χ1n) is 7.70. The molecule has 1 aliphatic rings. The average Bonchev–Trinajstić information content (AvgIpc) is 2.45. The van der Waals surface area contributed by atoms with Gasteiger partial charge in [-0.15, -0.1) is 0 Å². The molecule has 0 saturated heterocycles. The first kappa shape index (κ1) is 16.7. The average molecular weight is 282 g/mol. The SMILES string of the molecule is CCOC(=O)/C=C(/CCC(=O)OCC)C1CCCCC1. The van der Waals surface area contributed by atoms with Crippen LogP contribution < -0.4 is 0 Å². The van der Waals surface area contributed by atoms with Gasteiger partial charge in [-0.2, -0.15) is 0 Å². The van der Waals surface area contributed by atoms with Crippen LogP contribution in [0.15, 0.2) is 11.6 Å². The van der Waals surface area contributed by atoms with Gasteiger partial charge in [0.1, 0.15) is 0 Å². The summed E-state index contributed by atoms with van der Waals surface area (Å²) in [6.45, 7) is 4.38. The lowest BCUT2D eigenvalue weighted by atomic mass is 9.82. The van der Waals surface area contributed by atoms with Crippen LogP contribution in [-0.4, -0.2) is 25.2 Å². The van der Waals surface area contributed by atoms with Crippen LogP contribution in [0.3, 0.4) is 0 Å². The Bertz CT molecular complexity index is 340. The summed E-state index contributed by atoms with van der Waals surface area (Å²) < 4.78 is 9.94. The van der Waals surface area contributed by atoms with Crippen LogP contribution >= 0.6 is 0 Å². The van der Waals surface area contributed by atoms with Gasteiger partial charge in [0, 0.05) is 12.5 Å². The van der Waals surface area contributed by atoms with Gasteiger partial charge >= 0.3 is 11.9 Å². The molecule has 0 spiro atoms. The molecular weight excluding hydrogens is 256 g/mol. The maximum absolute atomic E-state index is 11.7. The monoisotopic (exact) mass is 282 g/mol. The molecule has 0 atom stereocenters. The third kappa shape index (κ3) is 6.22. The van der Waals surface area contributed by atoms with Gasteiger partial charge in [-0.3, -0.25) is 4.79 Å². The third-order valence-electron chi connectivity index (χ3n) is 3.64. The van der Waals surface area contributed by atoms with Crippen LogP contribution in [0.25, 0.3) is 0 Å². The van der Waals surface area contributed by atoms with Crippen LogP contribution in [0.2, 0.25) is 0 Å². The number of carbonyl (C=O) groups excluding carboxylic acids is 2. The second-order valence-electron chi connectivity index (χ2n) is 5.11. The molecule has 0 aliphatic heterocycles. The maximum atomic E-state index is 11.7. The lowest BCUT2D eigenvalue weighted by Gasteiger charge is -2.24. The summed E-state index contributed by atoms with van der Waals surface area (Å²) in [6.07, 6.45) is 8.41. The molecule has 4 nitrogen and oxygen atoms in total. The fraction of sp³-hybridized carbons (Fsp3) is 0.750. The second kappa shape index (κ2) is 9.56. The lowest BCUT2D eigenvalue weighted by molar-refractivity contribution is -0.143. The first-order valence-corrected chi connectivity index (χ1v) is 7.70. The molecule has 1 fully saturated rings. The zero-order chi connectivity index (χ0) is 14.8. The number of allylic oxidation sites excluding steroid dienone is 1. The fourth-order valence-electron chi connectivity index (χ4n) is 2.68. The van der Waals surface area contributed by atoms with E-state index in [-0.39, 0.29) is 11.9 Å². The molecule has 0 heterocycles. The number of carbonyl (C=O) groups is 2. The Kier molecular flexibility index (Phi) is 8.00. The molecule has 0 bridgehead atoms. The van der Waals surface area contributed by atoms with E-state index in [1.807, 2.05) is 0 Å². The zero-order valence-corrected chi connectivity index (χ0v) is 12.7. The minimum absolute atomic E-state index is 0.196. The van der Waals surface area contributed by atoms with E-state index >= 15 is 0 Å². The Morgan fingerprint density at radius 2 is 1.65 bits per heavy atom. The minimum atomic E-state index is -0.295. The summed E-state index contributed by atoms with van der Waals surface area (Å²) in [4.78, 5) is 23.1. The predicted molar refractivity (Wildman–Crippen MR) is 77.2 cm³/mol. The van der Waals surface area contributed by atoms with Crippen molar-refractivity contribution in [3.8, 4) is 0 Å². The van der Waals surface area contributed by atoms with Crippen LogP contribution in [0.4, 0.5) is 0 Å². The number of hydrogen-bond acceptors (Lipinski definition) is 4. The molecule has 0 aromatic heterocycles. The minimum Gasteiger partial charge on any atom is -0.466 e. The van der Waals surface area contributed by atoms with Crippen molar-refractivity contribution in [2.75, 3.05) is 13.2 Å². The van der Waals surface area contributed by atoms with Crippen molar-refractivity contribution < 1.29 is 19.1 Å². The first-order chi connectivity index (χ1) is 9.67. The van der Waals surface area contributed by atoms with E-state index in [4.69, 9.17) is 9.47 Å². The van der Waals surface area contributed by atoms with Crippen molar-refractivity contribution in [1.82, 2.24) is 0 Å². The van der Waals surface area contributed by atoms with Crippen molar-refractivity contribution in [3.63, 3.8) is 0 Å². The highest BCUT2D eigenvalue weighted by Crippen LogP contribution is 2.32. The molecule has 1 saturated carbocycles. The molecule has 0 radical (unpaired) electrons. The number of esters is 2. The van der Waals surface area contributed by atoms with Gasteiger partial charge in [-0.1, -0.05) is 24.8 Å². The summed E-state index contributed by atoms with van der Waals surface area (Å²) in [6, 6.07) is 0. The number of rotatable bonds is 7. The fourth-order valence-corrected chi connectivity index (χ4v) is 2.68. The Morgan fingerprint density at radius 1 is 1.00 bits per heavy atom. The van der Waals surface area contributed by atoms with Crippen LogP contribution in [0.5, 0.6) is 0 Å². The highest BCUT2D eigenvalue weighted by Gasteiger charge is 2.20. The van der Waals surface area contributed by atoms with Gasteiger partial charge in [0.2, 0.25) is 0 Å². The smallest absolute Gasteiger partial charge is 0.330 e. The summed E-state index contributed by atoms with van der Waals surface area (Å²) >= 11 is 0. The van der Waals surface area contributed by atoms with Gasteiger partial charge in [0.25, 0.3) is 0 Å². The summed E-state index contributed by atoms with van der Waals surface area (Å²) in [7, 11) is 0. The highest BCUT2D eigenvalue weighted by molar-refractivity contribution is 5.83. The largest absolute Gasteiger partial charge is 0.466 e. The van der Waals surface area contributed by atoms with Crippen molar-refractivity contribution in [2.24, 2.45) is 5.92 Å².